The highest BCUT2D eigenvalue weighted by atomic mass is 19.2. The number of benzene rings is 1. The summed E-state index contributed by atoms with van der Waals surface area (Å²) in [6.45, 7) is 1.64. The van der Waals surface area contributed by atoms with Crippen LogP contribution in [0, 0.1) is 29.1 Å². The number of rotatable bonds is 3. The van der Waals surface area contributed by atoms with Crippen LogP contribution >= 0.6 is 0 Å². The van der Waals surface area contributed by atoms with Gasteiger partial charge in [0.25, 0.3) is 0 Å². The van der Waals surface area contributed by atoms with Gasteiger partial charge in [0.05, 0.1) is 5.56 Å². The van der Waals surface area contributed by atoms with Crippen LogP contribution in [0.15, 0.2) is 5.57 Å². The minimum atomic E-state index is -2.16. The first kappa shape index (κ1) is 13.6. The van der Waals surface area contributed by atoms with Gasteiger partial charge in [0.2, 0.25) is 5.82 Å². The molecule has 0 radical (unpaired) electrons. The Balaban J connectivity index is 3.49. The maximum absolute atomic E-state index is 13.2. The normalized spacial score (nSPS) is 12.1. The van der Waals surface area contributed by atoms with Crippen LogP contribution in [0.1, 0.15) is 18.9 Å². The van der Waals surface area contributed by atoms with Crippen LogP contribution in [-0.2, 0) is 0 Å². The van der Waals surface area contributed by atoms with Crippen LogP contribution in [0.3, 0.4) is 0 Å². The Morgan fingerprint density at radius 2 is 1.35 bits per heavy atom. The molecular weight excluding hydrogens is 241 g/mol. The largest absolute Gasteiger partial charge is 0.327 e. The van der Waals surface area contributed by atoms with E-state index in [1.54, 1.807) is 6.92 Å². The third-order valence-electron chi connectivity index (χ3n) is 2.31. The highest BCUT2D eigenvalue weighted by Gasteiger charge is 2.24. The number of hydrogen-bond donors (Lipinski definition) is 1. The lowest BCUT2D eigenvalue weighted by Crippen LogP contribution is -2.06. The van der Waals surface area contributed by atoms with Crippen molar-refractivity contribution in [1.82, 2.24) is 0 Å². The summed E-state index contributed by atoms with van der Waals surface area (Å²) in [4.78, 5) is 0. The highest BCUT2D eigenvalue weighted by molar-refractivity contribution is 5.55. The molecular formula is C11H10F5N. The molecule has 0 aliphatic heterocycles. The van der Waals surface area contributed by atoms with E-state index in [1.807, 2.05) is 0 Å². The lowest BCUT2D eigenvalue weighted by atomic mass is 10.1. The van der Waals surface area contributed by atoms with Crippen LogP contribution < -0.4 is 5.73 Å². The van der Waals surface area contributed by atoms with Gasteiger partial charge in [-0.3, -0.25) is 0 Å². The van der Waals surface area contributed by atoms with Gasteiger partial charge in [-0.1, -0.05) is 12.5 Å². The predicted octanol–water partition coefficient (Wildman–Crippen LogP) is 3.13. The molecule has 0 heterocycles. The third-order valence-corrected chi connectivity index (χ3v) is 2.31. The molecule has 0 saturated heterocycles. The van der Waals surface area contributed by atoms with E-state index >= 15 is 0 Å². The third kappa shape index (κ3) is 2.46. The summed E-state index contributed by atoms with van der Waals surface area (Å²) in [6.07, 6.45) is 1.24. The average molecular weight is 251 g/mol. The molecule has 0 aliphatic carbocycles. The first-order valence-corrected chi connectivity index (χ1v) is 4.84. The van der Waals surface area contributed by atoms with Crippen LogP contribution in [0.25, 0.3) is 6.08 Å². The first-order valence-electron chi connectivity index (χ1n) is 4.84. The second-order valence-corrected chi connectivity index (χ2v) is 3.34. The SMILES string of the molecule is CCC(=Cc1c(F)c(F)c(F)c(F)c1F)CN. The van der Waals surface area contributed by atoms with Crippen molar-refractivity contribution in [1.29, 1.82) is 0 Å². The van der Waals surface area contributed by atoms with Crippen LogP contribution in [0.4, 0.5) is 22.0 Å². The molecule has 0 unspecified atom stereocenters. The molecule has 2 N–H and O–H groups in total. The van der Waals surface area contributed by atoms with Crippen molar-refractivity contribution in [3.63, 3.8) is 0 Å². The van der Waals surface area contributed by atoms with Crippen molar-refractivity contribution in [3.8, 4) is 0 Å². The Bertz CT molecular complexity index is 432. The molecule has 0 aromatic heterocycles. The van der Waals surface area contributed by atoms with Gasteiger partial charge in [-0.2, -0.15) is 0 Å². The second kappa shape index (κ2) is 5.27. The Hall–Kier alpha value is -1.43. The van der Waals surface area contributed by atoms with Gasteiger partial charge in [-0.05, 0) is 12.5 Å². The lowest BCUT2D eigenvalue weighted by Gasteiger charge is -2.06. The molecule has 0 amide bonds. The minimum Gasteiger partial charge on any atom is -0.327 e. The fraction of sp³-hybridized carbons (Fsp3) is 0.273. The Morgan fingerprint density at radius 1 is 0.941 bits per heavy atom. The van der Waals surface area contributed by atoms with Gasteiger partial charge in [0.15, 0.2) is 23.3 Å². The molecule has 1 aromatic rings. The number of hydrogen-bond acceptors (Lipinski definition) is 1. The first-order chi connectivity index (χ1) is 7.93. The zero-order chi connectivity index (χ0) is 13.2. The quantitative estimate of drug-likeness (QED) is 0.498. The molecule has 0 atom stereocenters. The molecule has 6 heteroatoms. The summed E-state index contributed by atoms with van der Waals surface area (Å²) < 4.78 is 64.9. The number of halogens is 5. The van der Waals surface area contributed by atoms with E-state index in [4.69, 9.17) is 5.73 Å². The summed E-state index contributed by atoms with van der Waals surface area (Å²) in [6, 6.07) is 0. The summed E-state index contributed by atoms with van der Waals surface area (Å²) in [7, 11) is 0. The highest BCUT2D eigenvalue weighted by Crippen LogP contribution is 2.25. The van der Waals surface area contributed by atoms with Crippen LogP contribution in [0.2, 0.25) is 0 Å². The van der Waals surface area contributed by atoms with Gasteiger partial charge >= 0.3 is 0 Å². The molecule has 1 aromatic carbocycles. The molecule has 1 nitrogen and oxygen atoms in total. The summed E-state index contributed by atoms with van der Waals surface area (Å²) in [5.41, 5.74) is 4.69. The average Bonchev–Trinajstić information content (AvgIpc) is 2.34. The topological polar surface area (TPSA) is 26.0 Å². The van der Waals surface area contributed by atoms with Crippen molar-refractivity contribution >= 4 is 6.08 Å². The molecule has 0 aliphatic rings. The standard InChI is InChI=1S/C11H10F5N/c1-2-5(4-17)3-6-7(12)9(14)11(16)10(15)8(6)13/h3H,2,4,17H2,1H3. The van der Waals surface area contributed by atoms with E-state index in [1.165, 1.54) is 0 Å². The van der Waals surface area contributed by atoms with E-state index < -0.39 is 34.6 Å². The molecule has 17 heavy (non-hydrogen) atoms. The smallest absolute Gasteiger partial charge is 0.200 e. The summed E-state index contributed by atoms with van der Waals surface area (Å²) >= 11 is 0. The van der Waals surface area contributed by atoms with Gasteiger partial charge < -0.3 is 5.73 Å². The predicted molar refractivity (Wildman–Crippen MR) is 53.6 cm³/mol. The zero-order valence-corrected chi connectivity index (χ0v) is 8.96. The van der Waals surface area contributed by atoms with Gasteiger partial charge in [0.1, 0.15) is 0 Å². The molecule has 94 valence electrons. The second-order valence-electron chi connectivity index (χ2n) is 3.34. The number of nitrogens with two attached hydrogens (primary N) is 1. The van der Waals surface area contributed by atoms with E-state index in [0.29, 0.717) is 12.0 Å². The molecule has 0 fully saturated rings. The Labute approximate surface area is 94.7 Å². The maximum Gasteiger partial charge on any atom is 0.200 e. The fourth-order valence-electron chi connectivity index (χ4n) is 1.26. The zero-order valence-electron chi connectivity index (χ0n) is 8.96. The van der Waals surface area contributed by atoms with E-state index in [9.17, 15) is 22.0 Å². The molecule has 0 bridgehead atoms. The van der Waals surface area contributed by atoms with E-state index in [0.717, 1.165) is 6.08 Å². The van der Waals surface area contributed by atoms with Crippen molar-refractivity contribution in [2.24, 2.45) is 5.73 Å². The molecule has 0 spiro atoms. The lowest BCUT2D eigenvalue weighted by molar-refractivity contribution is 0.377. The maximum atomic E-state index is 13.2. The van der Waals surface area contributed by atoms with Crippen molar-refractivity contribution in [2.75, 3.05) is 6.54 Å². The monoisotopic (exact) mass is 251 g/mol. The van der Waals surface area contributed by atoms with E-state index in [2.05, 4.69) is 0 Å². The molecule has 0 saturated carbocycles. The summed E-state index contributed by atoms with van der Waals surface area (Å²) in [5, 5.41) is 0. The minimum absolute atomic E-state index is 0.0179. The Morgan fingerprint density at radius 3 is 1.71 bits per heavy atom. The van der Waals surface area contributed by atoms with Gasteiger partial charge in [-0.15, -0.1) is 0 Å². The van der Waals surface area contributed by atoms with Gasteiger partial charge in [0, 0.05) is 6.54 Å². The Kier molecular flexibility index (Phi) is 4.22. The fourth-order valence-corrected chi connectivity index (χ4v) is 1.26. The van der Waals surface area contributed by atoms with Crippen molar-refractivity contribution in [3.05, 3.63) is 40.2 Å². The summed E-state index contributed by atoms with van der Waals surface area (Å²) in [5.74, 6) is -9.77. The van der Waals surface area contributed by atoms with Crippen molar-refractivity contribution in [2.45, 2.75) is 13.3 Å². The van der Waals surface area contributed by atoms with Crippen molar-refractivity contribution < 1.29 is 22.0 Å². The van der Waals surface area contributed by atoms with Crippen LogP contribution in [0.5, 0.6) is 0 Å². The molecule has 1 rings (SSSR count). The van der Waals surface area contributed by atoms with Gasteiger partial charge in [-0.25, -0.2) is 22.0 Å². The van der Waals surface area contributed by atoms with Crippen LogP contribution in [-0.4, -0.2) is 6.54 Å². The van der Waals surface area contributed by atoms with E-state index in [-0.39, 0.29) is 6.54 Å².